The number of anilines is 1. The molecule has 0 saturated carbocycles. The third-order valence-corrected chi connectivity index (χ3v) is 4.99. The van der Waals surface area contributed by atoms with Gasteiger partial charge in [-0.2, -0.15) is 11.8 Å². The average Bonchev–Trinajstić information content (AvgIpc) is 2.79. The van der Waals surface area contributed by atoms with Gasteiger partial charge >= 0.3 is 0 Å². The van der Waals surface area contributed by atoms with Gasteiger partial charge < -0.3 is 6.92 Å². The number of para-hydroxylation sites is 1. The van der Waals surface area contributed by atoms with Crippen molar-refractivity contribution in [3.05, 3.63) is 47.1 Å². The Bertz CT molecular complexity index is 547. The van der Waals surface area contributed by atoms with E-state index in [-0.39, 0.29) is 44.5 Å². The first-order valence-electron chi connectivity index (χ1n) is 7.43. The molecule has 0 bridgehead atoms. The summed E-state index contributed by atoms with van der Waals surface area (Å²) in [5, 5.41) is 0. The monoisotopic (exact) mass is 425 g/mol. The Hall–Kier alpha value is -0.0961. The smallest absolute Gasteiger partial charge is 0.273 e. The summed E-state index contributed by atoms with van der Waals surface area (Å²) in [6.45, 7) is 9.81. The number of amides is 2. The van der Waals surface area contributed by atoms with Crippen LogP contribution in [0.3, 0.4) is 0 Å². The fraction of sp³-hybridized carbons (Fsp3) is 0.353. The van der Waals surface area contributed by atoms with Crippen LogP contribution in [0.25, 0.3) is 0 Å². The van der Waals surface area contributed by atoms with E-state index in [2.05, 4.69) is 13.8 Å². The van der Waals surface area contributed by atoms with Gasteiger partial charge in [0.05, 0.1) is 15.5 Å². The molecule has 1 aliphatic rings. The van der Waals surface area contributed by atoms with Crippen LogP contribution in [0.1, 0.15) is 27.2 Å². The van der Waals surface area contributed by atoms with Gasteiger partial charge in [0.15, 0.2) is 0 Å². The Morgan fingerprint density at radius 2 is 1.52 bits per heavy atom. The molecular weight excluding hydrogens is 403 g/mol. The second-order valence-electron chi connectivity index (χ2n) is 4.14. The molecule has 1 aromatic rings. The topological polar surface area (TPSA) is 37.4 Å². The van der Waals surface area contributed by atoms with Crippen molar-refractivity contribution in [2.45, 2.75) is 27.2 Å². The first-order chi connectivity index (χ1) is 10.7. The van der Waals surface area contributed by atoms with Crippen LogP contribution in [0.5, 0.6) is 0 Å². The van der Waals surface area contributed by atoms with Crippen LogP contribution in [0.4, 0.5) is 5.69 Å². The summed E-state index contributed by atoms with van der Waals surface area (Å²) in [5.41, 5.74) is 0.622. The maximum Gasteiger partial charge on any atom is 0.273 e. The van der Waals surface area contributed by atoms with E-state index in [0.29, 0.717) is 21.3 Å². The van der Waals surface area contributed by atoms with Gasteiger partial charge in [0.1, 0.15) is 0 Å². The summed E-state index contributed by atoms with van der Waals surface area (Å²) in [5.74, 6) is 0.926. The summed E-state index contributed by atoms with van der Waals surface area (Å²) in [4.78, 5) is 27.3. The molecule has 3 nitrogen and oxygen atoms in total. The van der Waals surface area contributed by atoms with Gasteiger partial charge in [-0.25, -0.2) is 4.90 Å². The summed E-state index contributed by atoms with van der Waals surface area (Å²) < 4.78 is 0. The molecule has 0 aliphatic carbocycles. The third kappa shape index (κ3) is 5.73. The Morgan fingerprint density at radius 1 is 1.00 bits per heavy atom. The summed E-state index contributed by atoms with van der Waals surface area (Å²) >= 11 is 2.80. The predicted octanol–water partition coefficient (Wildman–Crippen LogP) is 4.51. The van der Waals surface area contributed by atoms with E-state index in [0.717, 1.165) is 12.2 Å². The predicted molar refractivity (Wildman–Crippen MR) is 97.9 cm³/mol. The first kappa shape index (κ1) is 22.9. The second kappa shape index (κ2) is 12.3. The maximum atomic E-state index is 12.5. The maximum absolute atomic E-state index is 12.5. The van der Waals surface area contributed by atoms with Crippen molar-refractivity contribution in [3.8, 4) is 0 Å². The SMILES string of the molecule is CC.[CH2-]CSC1=C(SCCC)C(=O)N(c2ccccc2)C1=O.[Y]. The van der Waals surface area contributed by atoms with E-state index < -0.39 is 0 Å². The van der Waals surface area contributed by atoms with E-state index >= 15 is 0 Å². The van der Waals surface area contributed by atoms with Crippen molar-refractivity contribution in [2.24, 2.45) is 0 Å². The number of imide groups is 1. The normalized spacial score (nSPS) is 13.7. The summed E-state index contributed by atoms with van der Waals surface area (Å²) in [7, 11) is 0. The quantitative estimate of drug-likeness (QED) is 0.497. The molecule has 1 radical (unpaired) electrons. The molecular formula is C17H22NO2S2Y-. The van der Waals surface area contributed by atoms with Crippen LogP contribution >= 0.6 is 23.5 Å². The molecule has 123 valence electrons. The van der Waals surface area contributed by atoms with E-state index in [1.54, 1.807) is 12.1 Å². The molecule has 1 aromatic carbocycles. The number of rotatable bonds is 6. The van der Waals surface area contributed by atoms with Crippen LogP contribution in [-0.2, 0) is 42.3 Å². The number of carbonyl (C=O) groups is 2. The standard InChI is InChI=1S/C15H16NO2S2.C2H6.Y/c1-3-10-20-13-12(19-4-2)14(17)16(15(13)18)11-8-6-5-7-9-11;1-2;/h5-9H,2-4,10H2,1H3;1-2H3;/q-1;;. The molecule has 0 spiro atoms. The van der Waals surface area contributed by atoms with Crippen molar-refractivity contribution >= 4 is 41.0 Å². The molecule has 0 fully saturated rings. The number of hydrogen-bond acceptors (Lipinski definition) is 4. The molecule has 23 heavy (non-hydrogen) atoms. The van der Waals surface area contributed by atoms with Crippen LogP contribution < -0.4 is 4.90 Å². The van der Waals surface area contributed by atoms with Gasteiger partial charge in [0, 0.05) is 32.7 Å². The summed E-state index contributed by atoms with van der Waals surface area (Å²) in [6, 6.07) is 9.05. The number of hydrogen-bond donors (Lipinski definition) is 0. The van der Waals surface area contributed by atoms with Gasteiger partial charge in [-0.1, -0.05) is 39.0 Å². The molecule has 1 aliphatic heterocycles. The van der Waals surface area contributed by atoms with Crippen molar-refractivity contribution in [3.63, 3.8) is 0 Å². The molecule has 0 atom stereocenters. The van der Waals surface area contributed by atoms with Crippen LogP contribution in [0, 0.1) is 6.92 Å². The first-order valence-corrected chi connectivity index (χ1v) is 9.40. The molecule has 0 N–H and O–H groups in total. The van der Waals surface area contributed by atoms with Gasteiger partial charge in [-0.15, -0.1) is 17.5 Å². The molecule has 0 aromatic heterocycles. The Balaban J connectivity index is 0.00000155. The minimum absolute atomic E-state index is 0. The fourth-order valence-electron chi connectivity index (χ4n) is 1.86. The number of thioether (sulfide) groups is 2. The van der Waals surface area contributed by atoms with E-state index in [1.165, 1.54) is 28.4 Å². The average molecular weight is 425 g/mol. The zero-order valence-corrected chi connectivity index (χ0v) is 18.3. The van der Waals surface area contributed by atoms with E-state index in [1.807, 2.05) is 32.0 Å². The summed E-state index contributed by atoms with van der Waals surface area (Å²) in [6.07, 6.45) is 0.962. The Labute approximate surface area is 172 Å². The molecule has 0 unspecified atom stereocenters. The van der Waals surface area contributed by atoms with Crippen LogP contribution in [0.2, 0.25) is 0 Å². The van der Waals surface area contributed by atoms with E-state index in [9.17, 15) is 9.59 Å². The molecule has 0 saturated heterocycles. The molecule has 2 amide bonds. The number of carbonyl (C=O) groups excluding carboxylic acids is 2. The zero-order valence-electron chi connectivity index (χ0n) is 13.9. The minimum atomic E-state index is -0.228. The van der Waals surface area contributed by atoms with Gasteiger partial charge in [-0.05, 0) is 24.3 Å². The number of nitrogens with zero attached hydrogens (tertiary/aromatic N) is 1. The second-order valence-corrected chi connectivity index (χ2v) is 6.35. The fourth-order valence-corrected chi connectivity index (χ4v) is 3.69. The Kier molecular flexibility index (Phi) is 12.2. The third-order valence-electron chi connectivity index (χ3n) is 2.71. The molecule has 6 heteroatoms. The van der Waals surface area contributed by atoms with Crippen LogP contribution in [0.15, 0.2) is 40.1 Å². The molecule has 2 rings (SSSR count). The number of benzene rings is 1. The Morgan fingerprint density at radius 3 is 2.00 bits per heavy atom. The van der Waals surface area contributed by atoms with Crippen molar-refractivity contribution in [2.75, 3.05) is 16.4 Å². The zero-order chi connectivity index (χ0) is 16.5. The molecule has 1 heterocycles. The largest absolute Gasteiger partial charge is 0.333 e. The minimum Gasteiger partial charge on any atom is -0.333 e. The van der Waals surface area contributed by atoms with Crippen LogP contribution in [-0.4, -0.2) is 23.3 Å². The van der Waals surface area contributed by atoms with E-state index in [4.69, 9.17) is 0 Å². The van der Waals surface area contributed by atoms with Gasteiger partial charge in [-0.3, -0.25) is 9.59 Å². The van der Waals surface area contributed by atoms with Crippen molar-refractivity contribution < 1.29 is 42.3 Å². The van der Waals surface area contributed by atoms with Crippen molar-refractivity contribution in [1.29, 1.82) is 0 Å². The van der Waals surface area contributed by atoms with Gasteiger partial charge in [0.2, 0.25) is 0 Å². The van der Waals surface area contributed by atoms with Gasteiger partial charge in [0.25, 0.3) is 11.8 Å². The van der Waals surface area contributed by atoms with Crippen molar-refractivity contribution in [1.82, 2.24) is 0 Å².